The summed E-state index contributed by atoms with van der Waals surface area (Å²) >= 11 is 6.04. The number of nitrogens with two attached hydrogens (primary N) is 1. The molecular formula is C15H21ClN3O2+. The van der Waals surface area contributed by atoms with Crippen LogP contribution in [-0.4, -0.2) is 30.9 Å². The van der Waals surface area contributed by atoms with Gasteiger partial charge in [0.25, 0.3) is 5.91 Å². The highest BCUT2D eigenvalue weighted by Crippen LogP contribution is 2.20. The van der Waals surface area contributed by atoms with Crippen molar-refractivity contribution >= 4 is 29.1 Å². The van der Waals surface area contributed by atoms with Crippen LogP contribution in [0.5, 0.6) is 0 Å². The van der Waals surface area contributed by atoms with Gasteiger partial charge in [-0.25, -0.2) is 0 Å². The third-order valence-corrected chi connectivity index (χ3v) is 4.50. The Morgan fingerprint density at radius 1 is 1.33 bits per heavy atom. The third-order valence-electron chi connectivity index (χ3n) is 4.17. The summed E-state index contributed by atoms with van der Waals surface area (Å²) in [5, 5.41) is 3.39. The number of amides is 2. The van der Waals surface area contributed by atoms with Crippen LogP contribution < -0.4 is 16.0 Å². The minimum Gasteiger partial charge on any atom is -0.369 e. The molecule has 1 aliphatic heterocycles. The van der Waals surface area contributed by atoms with Crippen LogP contribution in [0, 0.1) is 5.92 Å². The molecule has 1 atom stereocenters. The van der Waals surface area contributed by atoms with E-state index in [-0.39, 0.29) is 23.8 Å². The van der Waals surface area contributed by atoms with Crippen LogP contribution in [0.15, 0.2) is 24.3 Å². The zero-order valence-corrected chi connectivity index (χ0v) is 12.8. The Kier molecular flexibility index (Phi) is 5.20. The van der Waals surface area contributed by atoms with Crippen molar-refractivity contribution in [3.05, 3.63) is 29.3 Å². The summed E-state index contributed by atoms with van der Waals surface area (Å²) < 4.78 is 0. The molecule has 1 saturated heterocycles. The summed E-state index contributed by atoms with van der Waals surface area (Å²) in [6.07, 6.45) is 1.49. The van der Waals surface area contributed by atoms with Crippen LogP contribution in [0.1, 0.15) is 19.8 Å². The molecule has 1 aromatic rings. The average Bonchev–Trinajstić information content (AvgIpc) is 2.49. The largest absolute Gasteiger partial charge is 0.369 e. The average molecular weight is 311 g/mol. The number of benzene rings is 1. The Morgan fingerprint density at radius 2 is 1.95 bits per heavy atom. The van der Waals surface area contributed by atoms with Crippen molar-refractivity contribution in [2.45, 2.75) is 25.8 Å². The molecule has 5 nitrogen and oxygen atoms in total. The van der Waals surface area contributed by atoms with Crippen molar-refractivity contribution in [2.75, 3.05) is 18.4 Å². The van der Waals surface area contributed by atoms with Crippen LogP contribution in [0.4, 0.5) is 5.69 Å². The maximum atomic E-state index is 12.3. The second-order valence-corrected chi connectivity index (χ2v) is 5.93. The topological polar surface area (TPSA) is 76.6 Å². The zero-order chi connectivity index (χ0) is 15.4. The molecule has 2 amide bonds. The van der Waals surface area contributed by atoms with Gasteiger partial charge in [-0.2, -0.15) is 0 Å². The van der Waals surface area contributed by atoms with Crippen molar-refractivity contribution in [2.24, 2.45) is 11.7 Å². The van der Waals surface area contributed by atoms with Crippen molar-refractivity contribution in [3.63, 3.8) is 0 Å². The van der Waals surface area contributed by atoms with Gasteiger partial charge in [-0.3, -0.25) is 9.59 Å². The first-order valence-electron chi connectivity index (χ1n) is 7.18. The lowest BCUT2D eigenvalue weighted by Gasteiger charge is -2.31. The van der Waals surface area contributed by atoms with Crippen LogP contribution in [0.2, 0.25) is 5.02 Å². The van der Waals surface area contributed by atoms with Crippen molar-refractivity contribution in [3.8, 4) is 0 Å². The van der Waals surface area contributed by atoms with E-state index >= 15 is 0 Å². The second-order valence-electron chi connectivity index (χ2n) is 5.53. The summed E-state index contributed by atoms with van der Waals surface area (Å²) in [6, 6.07) is 6.99. The second kappa shape index (κ2) is 6.91. The first-order chi connectivity index (χ1) is 9.99. The van der Waals surface area contributed by atoms with Crippen LogP contribution in [0.25, 0.3) is 0 Å². The Hall–Kier alpha value is -1.59. The van der Waals surface area contributed by atoms with Gasteiger partial charge in [-0.05, 0) is 19.1 Å². The number of likely N-dealkylation sites (tertiary alicyclic amines) is 1. The molecular weight excluding hydrogens is 290 g/mol. The van der Waals surface area contributed by atoms with E-state index in [9.17, 15) is 9.59 Å². The molecule has 1 aromatic carbocycles. The van der Waals surface area contributed by atoms with E-state index < -0.39 is 0 Å². The third kappa shape index (κ3) is 3.95. The molecule has 4 N–H and O–H groups in total. The van der Waals surface area contributed by atoms with Crippen molar-refractivity contribution < 1.29 is 14.5 Å². The first kappa shape index (κ1) is 15.8. The fourth-order valence-corrected chi connectivity index (χ4v) is 2.88. The molecule has 114 valence electrons. The predicted octanol–water partition coefficient (Wildman–Crippen LogP) is 0.447. The number of carbonyl (C=O) groups is 2. The number of piperidine rings is 1. The molecule has 0 unspecified atom stereocenters. The molecule has 0 saturated carbocycles. The number of carbonyl (C=O) groups excluding carboxylic acids is 2. The molecule has 0 bridgehead atoms. The first-order valence-corrected chi connectivity index (χ1v) is 7.56. The highest BCUT2D eigenvalue weighted by atomic mass is 35.5. The van der Waals surface area contributed by atoms with Gasteiger partial charge in [0, 0.05) is 18.8 Å². The summed E-state index contributed by atoms with van der Waals surface area (Å²) in [4.78, 5) is 24.6. The molecule has 0 aromatic heterocycles. The summed E-state index contributed by atoms with van der Waals surface area (Å²) in [6.45, 7) is 3.46. The standard InChI is InChI=1S/C15H20ClN3O2/c1-10(19-8-6-11(7-9-19)14(17)20)15(21)18-13-5-3-2-4-12(13)16/h2-5,10-11H,6-9H2,1H3,(H2,17,20)(H,18,21)/p+1/t10-/m0/s1. The number of anilines is 1. The molecule has 1 aliphatic rings. The number of halogens is 1. The maximum absolute atomic E-state index is 12.3. The van der Waals surface area contributed by atoms with Crippen molar-refractivity contribution in [1.82, 2.24) is 0 Å². The van der Waals surface area contributed by atoms with E-state index in [1.807, 2.05) is 19.1 Å². The lowest BCUT2D eigenvalue weighted by molar-refractivity contribution is -0.919. The number of quaternary nitrogens is 1. The van der Waals surface area contributed by atoms with Gasteiger partial charge in [-0.1, -0.05) is 23.7 Å². The van der Waals surface area contributed by atoms with Crippen LogP contribution in [0.3, 0.4) is 0 Å². The number of primary amides is 1. The van der Waals surface area contributed by atoms with Crippen LogP contribution >= 0.6 is 11.6 Å². The van der Waals surface area contributed by atoms with E-state index in [2.05, 4.69) is 5.32 Å². The SMILES string of the molecule is C[C@@H](C(=O)Nc1ccccc1Cl)[NH+]1CCC(C(N)=O)CC1. The van der Waals surface area contributed by atoms with Gasteiger partial charge in [-0.15, -0.1) is 0 Å². The van der Waals surface area contributed by atoms with Gasteiger partial charge in [0.2, 0.25) is 5.91 Å². The molecule has 1 heterocycles. The smallest absolute Gasteiger partial charge is 0.282 e. The number of hydrogen-bond acceptors (Lipinski definition) is 2. The molecule has 2 rings (SSSR count). The summed E-state index contributed by atoms with van der Waals surface area (Å²) in [5.41, 5.74) is 5.95. The number of rotatable bonds is 4. The quantitative estimate of drug-likeness (QED) is 0.755. The van der Waals surface area contributed by atoms with Gasteiger partial charge in [0.15, 0.2) is 6.04 Å². The van der Waals surface area contributed by atoms with Gasteiger partial charge < -0.3 is 16.0 Å². The highest BCUT2D eigenvalue weighted by Gasteiger charge is 2.32. The van der Waals surface area contributed by atoms with E-state index in [0.29, 0.717) is 10.7 Å². The fourth-order valence-electron chi connectivity index (χ4n) is 2.70. The molecule has 21 heavy (non-hydrogen) atoms. The van der Waals surface area contributed by atoms with Gasteiger partial charge >= 0.3 is 0 Å². The molecule has 0 spiro atoms. The summed E-state index contributed by atoms with van der Waals surface area (Å²) in [7, 11) is 0. The summed E-state index contributed by atoms with van der Waals surface area (Å²) in [5.74, 6) is -0.342. The normalized spacial score (nSPS) is 23.3. The van der Waals surface area contributed by atoms with Crippen molar-refractivity contribution in [1.29, 1.82) is 0 Å². The number of hydrogen-bond donors (Lipinski definition) is 3. The van der Waals surface area contributed by atoms with Gasteiger partial charge in [0.05, 0.1) is 23.8 Å². The highest BCUT2D eigenvalue weighted by molar-refractivity contribution is 6.33. The molecule has 6 heteroatoms. The lowest BCUT2D eigenvalue weighted by Crippen LogP contribution is -3.17. The van der Waals surface area contributed by atoms with E-state index in [0.717, 1.165) is 25.9 Å². The Bertz CT molecular complexity index is 527. The Balaban J connectivity index is 1.92. The van der Waals surface area contributed by atoms with Crippen LogP contribution in [-0.2, 0) is 9.59 Å². The molecule has 0 aliphatic carbocycles. The minimum atomic E-state index is -0.234. The van der Waals surface area contributed by atoms with E-state index in [1.165, 1.54) is 4.90 Å². The molecule has 0 radical (unpaired) electrons. The lowest BCUT2D eigenvalue weighted by atomic mass is 9.95. The zero-order valence-electron chi connectivity index (χ0n) is 12.1. The Morgan fingerprint density at radius 3 is 2.52 bits per heavy atom. The minimum absolute atomic E-state index is 0.0485. The van der Waals surface area contributed by atoms with Gasteiger partial charge in [0.1, 0.15) is 0 Å². The molecule has 1 fully saturated rings. The van der Waals surface area contributed by atoms with E-state index in [1.54, 1.807) is 12.1 Å². The number of para-hydroxylation sites is 1. The Labute approximate surface area is 129 Å². The maximum Gasteiger partial charge on any atom is 0.282 e. The van der Waals surface area contributed by atoms with E-state index in [4.69, 9.17) is 17.3 Å². The fraction of sp³-hybridized carbons (Fsp3) is 0.467. The number of nitrogens with one attached hydrogen (secondary N) is 2. The predicted molar refractivity (Wildman–Crippen MR) is 82.2 cm³/mol. The monoisotopic (exact) mass is 310 g/mol.